The maximum absolute atomic E-state index is 11.5. The molecule has 1 N–H and O–H groups in total. The quantitative estimate of drug-likeness (QED) is 0.841. The third kappa shape index (κ3) is 6.38. The van der Waals surface area contributed by atoms with Crippen molar-refractivity contribution in [3.63, 3.8) is 0 Å². The molecule has 1 heterocycles. The first-order valence-electron chi connectivity index (χ1n) is 5.52. The summed E-state index contributed by atoms with van der Waals surface area (Å²) in [5, 5.41) is 2.64. The lowest BCUT2D eigenvalue weighted by molar-refractivity contribution is -0.130. The molecule has 0 aliphatic carbocycles. The van der Waals surface area contributed by atoms with Crippen LogP contribution in [0.3, 0.4) is 0 Å². The van der Waals surface area contributed by atoms with Crippen LogP contribution in [0.5, 0.6) is 0 Å². The van der Waals surface area contributed by atoms with E-state index in [0.29, 0.717) is 4.88 Å². The molecule has 19 heavy (non-hydrogen) atoms. The molecular weight excluding hydrogens is 310 g/mol. The van der Waals surface area contributed by atoms with E-state index in [9.17, 15) is 13.2 Å². The molecule has 1 aromatic rings. The summed E-state index contributed by atoms with van der Waals surface area (Å²) in [6.07, 6.45) is 0. The van der Waals surface area contributed by atoms with Gasteiger partial charge in [-0.1, -0.05) is 0 Å². The van der Waals surface area contributed by atoms with Gasteiger partial charge in [-0.3, -0.25) is 4.79 Å². The van der Waals surface area contributed by atoms with Crippen molar-refractivity contribution in [2.75, 3.05) is 6.61 Å². The number of ether oxygens (including phenoxy) is 1. The normalized spacial score (nSPS) is 12.4. The Bertz CT molecular complexity index is 545. The smallest absolute Gasteiger partial charge is 0.270 e. The van der Waals surface area contributed by atoms with E-state index in [1.165, 1.54) is 6.07 Å². The third-order valence-corrected chi connectivity index (χ3v) is 5.15. The highest BCUT2D eigenvalue weighted by atomic mass is 35.7. The number of thiophene rings is 1. The minimum atomic E-state index is -3.70. The Kier molecular flexibility index (Phi) is 5.37. The molecule has 8 heteroatoms. The number of hydrogen-bond donors (Lipinski definition) is 1. The fourth-order valence-corrected chi connectivity index (χ4v) is 3.17. The molecule has 0 aliphatic heterocycles. The van der Waals surface area contributed by atoms with Crippen molar-refractivity contribution < 1.29 is 17.9 Å². The molecule has 0 unspecified atom stereocenters. The first-order valence-corrected chi connectivity index (χ1v) is 8.64. The summed E-state index contributed by atoms with van der Waals surface area (Å²) in [6.45, 7) is 5.80. The molecule has 0 saturated carbocycles. The second-order valence-corrected chi connectivity index (χ2v) is 8.80. The van der Waals surface area contributed by atoms with Gasteiger partial charge in [-0.15, -0.1) is 11.3 Å². The van der Waals surface area contributed by atoms with Gasteiger partial charge in [0.2, 0.25) is 5.91 Å². The Hall–Kier alpha value is -0.630. The highest BCUT2D eigenvalue weighted by Crippen LogP contribution is 2.24. The van der Waals surface area contributed by atoms with Crippen LogP contribution >= 0.6 is 22.0 Å². The van der Waals surface area contributed by atoms with Crippen molar-refractivity contribution in [1.82, 2.24) is 5.32 Å². The fraction of sp³-hybridized carbons (Fsp3) is 0.545. The molecule has 0 fully saturated rings. The van der Waals surface area contributed by atoms with Gasteiger partial charge in [0.1, 0.15) is 10.8 Å². The number of carbonyl (C=O) groups excluding carboxylic acids is 1. The summed E-state index contributed by atoms with van der Waals surface area (Å²) >= 11 is 1.03. The zero-order chi connectivity index (χ0) is 14.7. The van der Waals surface area contributed by atoms with Crippen molar-refractivity contribution in [2.24, 2.45) is 0 Å². The van der Waals surface area contributed by atoms with E-state index in [0.717, 1.165) is 11.3 Å². The van der Waals surface area contributed by atoms with Crippen LogP contribution in [-0.2, 0) is 25.1 Å². The Morgan fingerprint density at radius 3 is 2.53 bits per heavy atom. The molecule has 0 spiro atoms. The Morgan fingerprint density at radius 1 is 1.42 bits per heavy atom. The molecule has 1 amide bonds. The number of halogens is 1. The first kappa shape index (κ1) is 16.4. The lowest BCUT2D eigenvalue weighted by Gasteiger charge is -2.18. The van der Waals surface area contributed by atoms with Crippen LogP contribution in [0.25, 0.3) is 0 Å². The van der Waals surface area contributed by atoms with Gasteiger partial charge >= 0.3 is 0 Å². The van der Waals surface area contributed by atoms with E-state index < -0.39 is 9.05 Å². The predicted molar refractivity (Wildman–Crippen MR) is 74.9 cm³/mol. The summed E-state index contributed by atoms with van der Waals surface area (Å²) < 4.78 is 27.5. The molecule has 0 atom stereocenters. The maximum atomic E-state index is 11.5. The number of nitrogens with one attached hydrogen (secondary N) is 1. The third-order valence-electron chi connectivity index (χ3n) is 1.97. The van der Waals surface area contributed by atoms with Crippen LogP contribution in [0.4, 0.5) is 0 Å². The second kappa shape index (κ2) is 6.21. The van der Waals surface area contributed by atoms with Gasteiger partial charge in [-0.2, -0.15) is 0 Å². The van der Waals surface area contributed by atoms with Crippen molar-refractivity contribution in [3.05, 3.63) is 17.0 Å². The molecule has 0 radical (unpaired) electrons. The summed E-state index contributed by atoms with van der Waals surface area (Å²) in [7, 11) is 1.51. The molecule has 1 aromatic heterocycles. The molecule has 5 nitrogen and oxygen atoms in total. The van der Waals surface area contributed by atoms with E-state index in [4.69, 9.17) is 15.4 Å². The summed E-state index contributed by atoms with van der Waals surface area (Å²) in [6, 6.07) is 3.03. The average molecular weight is 326 g/mol. The standard InChI is InChI=1S/C11H16ClNO4S2/c1-11(2,3)17-7-9(14)13-6-8-4-5-10(18-8)19(12,15)16/h4-5H,6-7H2,1-3H3,(H,13,14). The average Bonchev–Trinajstić information content (AvgIpc) is 2.70. The first-order chi connectivity index (χ1) is 8.58. The van der Waals surface area contributed by atoms with Gasteiger partial charge in [0, 0.05) is 15.6 Å². The van der Waals surface area contributed by atoms with Crippen molar-refractivity contribution in [2.45, 2.75) is 37.1 Å². The van der Waals surface area contributed by atoms with Crippen LogP contribution in [0.2, 0.25) is 0 Å². The van der Waals surface area contributed by atoms with Gasteiger partial charge in [0.15, 0.2) is 0 Å². The van der Waals surface area contributed by atoms with E-state index in [2.05, 4.69) is 5.32 Å². The van der Waals surface area contributed by atoms with Crippen LogP contribution in [0.15, 0.2) is 16.3 Å². The number of hydrogen-bond acceptors (Lipinski definition) is 5. The SMILES string of the molecule is CC(C)(C)OCC(=O)NCc1ccc(S(=O)(=O)Cl)s1. The largest absolute Gasteiger partial charge is 0.366 e. The van der Waals surface area contributed by atoms with E-state index in [1.807, 2.05) is 20.8 Å². The van der Waals surface area contributed by atoms with Gasteiger partial charge in [0.25, 0.3) is 9.05 Å². The minimum absolute atomic E-state index is 0.0322. The molecule has 1 rings (SSSR count). The molecular formula is C11H16ClNO4S2. The zero-order valence-corrected chi connectivity index (χ0v) is 13.3. The van der Waals surface area contributed by atoms with Gasteiger partial charge in [-0.05, 0) is 32.9 Å². The van der Waals surface area contributed by atoms with Crippen molar-refractivity contribution in [1.29, 1.82) is 0 Å². The highest BCUT2D eigenvalue weighted by Gasteiger charge is 2.15. The molecule has 108 valence electrons. The predicted octanol–water partition coefficient (Wildman–Crippen LogP) is 2.11. The molecule has 0 aliphatic rings. The van der Waals surface area contributed by atoms with E-state index in [-0.39, 0.29) is 28.9 Å². The number of carbonyl (C=O) groups is 1. The lowest BCUT2D eigenvalue weighted by Crippen LogP contribution is -2.31. The molecule has 0 bridgehead atoms. The number of amides is 1. The van der Waals surface area contributed by atoms with Gasteiger partial charge < -0.3 is 10.1 Å². The maximum Gasteiger partial charge on any atom is 0.270 e. The Morgan fingerprint density at radius 2 is 2.05 bits per heavy atom. The van der Waals surface area contributed by atoms with Crippen LogP contribution in [0.1, 0.15) is 25.6 Å². The number of rotatable bonds is 5. The molecule has 0 saturated heterocycles. The van der Waals surface area contributed by atoms with Crippen LogP contribution < -0.4 is 5.32 Å². The topological polar surface area (TPSA) is 72.5 Å². The van der Waals surface area contributed by atoms with Gasteiger partial charge in [0.05, 0.1) is 12.1 Å². The Balaban J connectivity index is 2.45. The second-order valence-electron chi connectivity index (χ2n) is 4.84. The van der Waals surface area contributed by atoms with Crippen LogP contribution in [0, 0.1) is 0 Å². The highest BCUT2D eigenvalue weighted by molar-refractivity contribution is 8.15. The van der Waals surface area contributed by atoms with E-state index >= 15 is 0 Å². The lowest BCUT2D eigenvalue weighted by atomic mass is 10.2. The molecule has 0 aromatic carbocycles. The fourth-order valence-electron chi connectivity index (χ4n) is 1.10. The summed E-state index contributed by atoms with van der Waals surface area (Å²) in [5.41, 5.74) is -0.375. The van der Waals surface area contributed by atoms with E-state index in [1.54, 1.807) is 6.07 Å². The zero-order valence-electron chi connectivity index (χ0n) is 10.9. The Labute approximate surface area is 121 Å². The van der Waals surface area contributed by atoms with Crippen molar-refractivity contribution in [3.8, 4) is 0 Å². The van der Waals surface area contributed by atoms with Crippen LogP contribution in [-0.4, -0.2) is 26.5 Å². The monoisotopic (exact) mass is 325 g/mol. The van der Waals surface area contributed by atoms with Gasteiger partial charge in [-0.25, -0.2) is 8.42 Å². The van der Waals surface area contributed by atoms with Crippen molar-refractivity contribution >= 4 is 37.0 Å². The summed E-state index contributed by atoms with van der Waals surface area (Å²) in [5.74, 6) is -0.251. The minimum Gasteiger partial charge on any atom is -0.366 e. The summed E-state index contributed by atoms with van der Waals surface area (Å²) in [4.78, 5) is 12.2.